The second-order valence-corrected chi connectivity index (χ2v) is 6.15. The SMILES string of the molecule is CC(NC(=O)C1CC1c1cnc[nH]1)C1CCCCC1. The van der Waals surface area contributed by atoms with Crippen molar-refractivity contribution in [2.24, 2.45) is 11.8 Å². The van der Waals surface area contributed by atoms with Crippen LogP contribution >= 0.6 is 0 Å². The summed E-state index contributed by atoms with van der Waals surface area (Å²) in [6, 6.07) is 0.329. The molecular weight excluding hydrogens is 238 g/mol. The predicted molar refractivity (Wildman–Crippen MR) is 73.6 cm³/mol. The molecule has 0 bridgehead atoms. The zero-order chi connectivity index (χ0) is 13.2. The van der Waals surface area contributed by atoms with E-state index in [2.05, 4.69) is 22.2 Å². The lowest BCUT2D eigenvalue weighted by molar-refractivity contribution is -0.123. The van der Waals surface area contributed by atoms with Gasteiger partial charge in [0.2, 0.25) is 5.91 Å². The lowest BCUT2D eigenvalue weighted by Crippen LogP contribution is -2.39. The molecule has 1 aromatic rings. The van der Waals surface area contributed by atoms with E-state index < -0.39 is 0 Å². The summed E-state index contributed by atoms with van der Waals surface area (Å²) in [5.41, 5.74) is 1.10. The molecule has 4 heteroatoms. The summed E-state index contributed by atoms with van der Waals surface area (Å²) in [5, 5.41) is 3.23. The number of imidazole rings is 1. The summed E-state index contributed by atoms with van der Waals surface area (Å²) >= 11 is 0. The first-order valence-corrected chi connectivity index (χ1v) is 7.54. The van der Waals surface area contributed by atoms with Crippen LogP contribution in [0.1, 0.15) is 57.1 Å². The Balaban J connectivity index is 1.49. The number of amides is 1. The van der Waals surface area contributed by atoms with E-state index in [9.17, 15) is 4.79 Å². The average Bonchev–Trinajstić information content (AvgIpc) is 3.06. The number of carbonyl (C=O) groups excluding carboxylic acids is 1. The molecule has 104 valence electrons. The fourth-order valence-electron chi connectivity index (χ4n) is 3.38. The van der Waals surface area contributed by atoms with E-state index in [0.717, 1.165) is 12.1 Å². The number of carbonyl (C=O) groups is 1. The van der Waals surface area contributed by atoms with Gasteiger partial charge in [0.1, 0.15) is 0 Å². The number of H-pyrrole nitrogens is 1. The molecule has 0 saturated heterocycles. The summed E-state index contributed by atoms with van der Waals surface area (Å²) in [6.45, 7) is 2.17. The van der Waals surface area contributed by atoms with Gasteiger partial charge in [0.05, 0.1) is 6.33 Å². The summed E-state index contributed by atoms with van der Waals surface area (Å²) in [6.07, 6.45) is 11.0. The van der Waals surface area contributed by atoms with Crippen LogP contribution in [0, 0.1) is 11.8 Å². The summed E-state index contributed by atoms with van der Waals surface area (Å²) in [5.74, 6) is 1.44. The Morgan fingerprint density at radius 3 is 2.89 bits per heavy atom. The Morgan fingerprint density at radius 1 is 1.42 bits per heavy atom. The molecule has 2 aliphatic carbocycles. The van der Waals surface area contributed by atoms with Gasteiger partial charge in [-0.15, -0.1) is 0 Å². The maximum absolute atomic E-state index is 12.2. The molecule has 0 radical (unpaired) electrons. The van der Waals surface area contributed by atoms with Gasteiger partial charge >= 0.3 is 0 Å². The first kappa shape index (κ1) is 12.7. The highest BCUT2D eigenvalue weighted by atomic mass is 16.2. The van der Waals surface area contributed by atoms with E-state index in [1.165, 1.54) is 32.1 Å². The normalized spacial score (nSPS) is 28.9. The fraction of sp³-hybridized carbons (Fsp3) is 0.733. The molecule has 0 aliphatic heterocycles. The van der Waals surface area contributed by atoms with Gasteiger partial charge < -0.3 is 10.3 Å². The molecule has 3 unspecified atom stereocenters. The van der Waals surface area contributed by atoms with Crippen molar-refractivity contribution >= 4 is 5.91 Å². The highest BCUT2D eigenvalue weighted by Crippen LogP contribution is 2.46. The largest absolute Gasteiger partial charge is 0.353 e. The Kier molecular flexibility index (Phi) is 3.58. The zero-order valence-electron chi connectivity index (χ0n) is 11.6. The molecule has 2 fully saturated rings. The van der Waals surface area contributed by atoms with Crippen LogP contribution < -0.4 is 5.32 Å². The third kappa shape index (κ3) is 2.82. The number of nitrogens with one attached hydrogen (secondary N) is 2. The van der Waals surface area contributed by atoms with Gasteiger partial charge in [0.15, 0.2) is 0 Å². The molecule has 19 heavy (non-hydrogen) atoms. The van der Waals surface area contributed by atoms with Gasteiger partial charge in [0.25, 0.3) is 0 Å². The van der Waals surface area contributed by atoms with Gasteiger partial charge in [0, 0.05) is 29.8 Å². The number of nitrogens with zero attached hydrogens (tertiary/aromatic N) is 1. The summed E-state index contributed by atoms with van der Waals surface area (Å²) in [4.78, 5) is 19.4. The number of aromatic nitrogens is 2. The standard InChI is InChI=1S/C15H23N3O/c1-10(11-5-3-2-4-6-11)18-15(19)13-7-12(13)14-8-16-9-17-14/h8-13H,2-7H2,1H3,(H,16,17)(H,18,19). The van der Waals surface area contributed by atoms with Crippen molar-refractivity contribution in [2.75, 3.05) is 0 Å². The van der Waals surface area contributed by atoms with Crippen LogP contribution in [-0.4, -0.2) is 21.9 Å². The predicted octanol–water partition coefficient (Wildman–Crippen LogP) is 2.60. The van der Waals surface area contributed by atoms with E-state index in [4.69, 9.17) is 0 Å². The maximum Gasteiger partial charge on any atom is 0.224 e. The van der Waals surface area contributed by atoms with Gasteiger partial charge in [-0.2, -0.15) is 0 Å². The fourth-order valence-corrected chi connectivity index (χ4v) is 3.38. The maximum atomic E-state index is 12.2. The molecular formula is C15H23N3O. The monoisotopic (exact) mass is 261 g/mol. The van der Waals surface area contributed by atoms with Crippen molar-refractivity contribution in [1.29, 1.82) is 0 Å². The van der Waals surface area contributed by atoms with Crippen LogP contribution in [0.5, 0.6) is 0 Å². The van der Waals surface area contributed by atoms with Gasteiger partial charge in [-0.05, 0) is 32.1 Å². The second-order valence-electron chi connectivity index (χ2n) is 6.15. The van der Waals surface area contributed by atoms with Gasteiger partial charge in [-0.25, -0.2) is 4.98 Å². The van der Waals surface area contributed by atoms with E-state index >= 15 is 0 Å². The van der Waals surface area contributed by atoms with Gasteiger partial charge in [-0.1, -0.05) is 19.3 Å². The minimum Gasteiger partial charge on any atom is -0.353 e. The van der Waals surface area contributed by atoms with Crippen molar-refractivity contribution in [3.63, 3.8) is 0 Å². The molecule has 3 atom stereocenters. The topological polar surface area (TPSA) is 57.8 Å². The first-order chi connectivity index (χ1) is 9.25. The Morgan fingerprint density at radius 2 is 2.21 bits per heavy atom. The van der Waals surface area contributed by atoms with Crippen LogP contribution in [0.25, 0.3) is 0 Å². The number of aromatic amines is 1. The lowest BCUT2D eigenvalue weighted by atomic mass is 9.84. The van der Waals surface area contributed by atoms with Gasteiger partial charge in [-0.3, -0.25) is 4.79 Å². The van der Waals surface area contributed by atoms with Crippen LogP contribution in [0.15, 0.2) is 12.5 Å². The quantitative estimate of drug-likeness (QED) is 0.875. The molecule has 1 heterocycles. The van der Waals surface area contributed by atoms with Crippen LogP contribution in [0.2, 0.25) is 0 Å². The highest BCUT2D eigenvalue weighted by molar-refractivity contribution is 5.83. The highest BCUT2D eigenvalue weighted by Gasteiger charge is 2.45. The Hall–Kier alpha value is -1.32. The summed E-state index contributed by atoms with van der Waals surface area (Å²) < 4.78 is 0. The van der Waals surface area contributed by atoms with E-state index in [-0.39, 0.29) is 11.8 Å². The zero-order valence-corrected chi connectivity index (χ0v) is 11.6. The Bertz CT molecular complexity index is 423. The molecule has 2 saturated carbocycles. The lowest BCUT2D eigenvalue weighted by Gasteiger charge is -2.28. The molecule has 4 nitrogen and oxygen atoms in total. The van der Waals surface area contributed by atoms with Crippen LogP contribution in [0.3, 0.4) is 0 Å². The third-order valence-electron chi connectivity index (χ3n) is 4.77. The molecule has 2 N–H and O–H groups in total. The average molecular weight is 261 g/mol. The van der Waals surface area contributed by atoms with Crippen molar-refractivity contribution in [3.05, 3.63) is 18.2 Å². The number of hydrogen-bond acceptors (Lipinski definition) is 2. The van der Waals surface area contributed by atoms with Crippen molar-refractivity contribution in [1.82, 2.24) is 15.3 Å². The molecule has 1 amide bonds. The van der Waals surface area contributed by atoms with E-state index in [0.29, 0.717) is 17.9 Å². The molecule has 2 aliphatic rings. The minimum atomic E-state index is 0.159. The molecule has 0 aromatic carbocycles. The first-order valence-electron chi connectivity index (χ1n) is 7.54. The van der Waals surface area contributed by atoms with E-state index in [1.807, 2.05) is 6.20 Å². The van der Waals surface area contributed by atoms with Crippen molar-refractivity contribution in [2.45, 2.75) is 57.4 Å². The summed E-state index contributed by atoms with van der Waals surface area (Å²) in [7, 11) is 0. The van der Waals surface area contributed by atoms with Crippen LogP contribution in [0.4, 0.5) is 0 Å². The van der Waals surface area contributed by atoms with Crippen molar-refractivity contribution < 1.29 is 4.79 Å². The van der Waals surface area contributed by atoms with Crippen molar-refractivity contribution in [3.8, 4) is 0 Å². The third-order valence-corrected chi connectivity index (χ3v) is 4.77. The second kappa shape index (κ2) is 5.35. The number of rotatable bonds is 4. The smallest absolute Gasteiger partial charge is 0.224 e. The van der Waals surface area contributed by atoms with E-state index in [1.54, 1.807) is 6.33 Å². The number of hydrogen-bond donors (Lipinski definition) is 2. The Labute approximate surface area is 114 Å². The molecule has 3 rings (SSSR count). The van der Waals surface area contributed by atoms with Crippen LogP contribution in [-0.2, 0) is 4.79 Å². The minimum absolute atomic E-state index is 0.159. The molecule has 1 aromatic heterocycles. The molecule has 0 spiro atoms.